The third-order valence-corrected chi connectivity index (χ3v) is 2.49. The van der Waals surface area contributed by atoms with Crippen LogP contribution in [-0.2, 0) is 28.3 Å². The van der Waals surface area contributed by atoms with E-state index in [1.165, 1.54) is 0 Å². The van der Waals surface area contributed by atoms with E-state index in [4.69, 9.17) is 5.73 Å². The van der Waals surface area contributed by atoms with Crippen LogP contribution in [0.3, 0.4) is 0 Å². The van der Waals surface area contributed by atoms with E-state index in [-0.39, 0.29) is 29.0 Å². The molecule has 0 unspecified atom stereocenters. The zero-order chi connectivity index (χ0) is 10.3. The second-order valence-electron chi connectivity index (χ2n) is 3.92. The van der Waals surface area contributed by atoms with Gasteiger partial charge in [-0.15, -0.1) is 0 Å². The van der Waals surface area contributed by atoms with E-state index in [9.17, 15) is 4.79 Å². The van der Waals surface area contributed by atoms with Crippen LogP contribution in [0.1, 0.15) is 19.4 Å². The van der Waals surface area contributed by atoms with E-state index in [1.807, 2.05) is 36.9 Å². The van der Waals surface area contributed by atoms with Crippen molar-refractivity contribution in [3.63, 3.8) is 0 Å². The van der Waals surface area contributed by atoms with Gasteiger partial charge in [-0.1, -0.05) is 0 Å². The van der Waals surface area contributed by atoms with E-state index in [2.05, 4.69) is 0 Å². The topological polar surface area (TPSA) is 46.3 Å². The minimum atomic E-state index is 0. The summed E-state index contributed by atoms with van der Waals surface area (Å²) >= 11 is 0. The summed E-state index contributed by atoms with van der Waals surface area (Å²) in [5, 5.41) is 0. The minimum absolute atomic E-state index is 0. The Morgan fingerprint density at radius 3 is 2.67 bits per heavy atom. The second kappa shape index (κ2) is 4.25. The molecule has 2 N–H and O–H groups in total. The van der Waals surface area contributed by atoms with Gasteiger partial charge in [0.25, 0.3) is 0 Å². The van der Waals surface area contributed by atoms with Crippen molar-refractivity contribution >= 4 is 17.3 Å². The first kappa shape index (κ1) is 12.1. The van der Waals surface area contributed by atoms with E-state index < -0.39 is 0 Å². The number of nitrogen functional groups attached to an aromatic ring is 1. The number of hydrogen-bond acceptors (Lipinski definition) is 2. The summed E-state index contributed by atoms with van der Waals surface area (Å²) in [4.78, 5) is 13.5. The molecule has 3 nitrogen and oxygen atoms in total. The average molecular weight is 246 g/mol. The van der Waals surface area contributed by atoms with Crippen molar-refractivity contribution in [3.05, 3.63) is 23.8 Å². The molecule has 0 radical (unpaired) electrons. The maximum atomic E-state index is 11.7. The molecule has 0 fully saturated rings. The molecule has 0 aromatic heterocycles. The van der Waals surface area contributed by atoms with Crippen molar-refractivity contribution in [2.45, 2.75) is 26.3 Å². The van der Waals surface area contributed by atoms with Gasteiger partial charge in [-0.05, 0) is 37.6 Å². The van der Waals surface area contributed by atoms with Crippen molar-refractivity contribution in [1.29, 1.82) is 0 Å². The van der Waals surface area contributed by atoms with Crippen LogP contribution in [0.25, 0.3) is 0 Å². The van der Waals surface area contributed by atoms with E-state index >= 15 is 0 Å². The maximum absolute atomic E-state index is 11.7. The largest absolute Gasteiger partial charge is 0.399 e. The molecule has 82 valence electrons. The predicted molar refractivity (Wildman–Crippen MR) is 57.2 cm³/mol. The molecule has 4 heteroatoms. The molecule has 0 atom stereocenters. The number of benzene rings is 1. The van der Waals surface area contributed by atoms with E-state index in [0.717, 1.165) is 16.9 Å². The van der Waals surface area contributed by atoms with Gasteiger partial charge in [0.05, 0.1) is 6.42 Å². The Labute approximate surface area is 100 Å². The third kappa shape index (κ3) is 2.01. The molecule has 0 bridgehead atoms. The molecular formula is C11H14FeN2O. The third-order valence-electron chi connectivity index (χ3n) is 2.49. The number of fused-ring (bicyclic) bond motifs is 1. The fraction of sp³-hybridized carbons (Fsp3) is 0.364. The van der Waals surface area contributed by atoms with Crippen LogP contribution < -0.4 is 10.6 Å². The van der Waals surface area contributed by atoms with Crippen LogP contribution in [0.15, 0.2) is 18.2 Å². The number of anilines is 2. The van der Waals surface area contributed by atoms with Gasteiger partial charge in [0.15, 0.2) is 0 Å². The van der Waals surface area contributed by atoms with Gasteiger partial charge in [-0.25, -0.2) is 0 Å². The number of carbonyl (C=O) groups excluding carboxylic acids is 1. The first-order valence-corrected chi connectivity index (χ1v) is 4.80. The Balaban J connectivity index is 0.00000112. The van der Waals surface area contributed by atoms with Crippen LogP contribution in [0.2, 0.25) is 0 Å². The zero-order valence-electron chi connectivity index (χ0n) is 8.80. The molecule has 1 heterocycles. The first-order chi connectivity index (χ1) is 6.59. The van der Waals surface area contributed by atoms with Gasteiger partial charge >= 0.3 is 0 Å². The number of nitrogens with two attached hydrogens (primary N) is 1. The predicted octanol–water partition coefficient (Wildman–Crippen LogP) is 1.56. The number of hydrogen-bond donors (Lipinski definition) is 1. The molecule has 0 aliphatic carbocycles. The summed E-state index contributed by atoms with van der Waals surface area (Å²) in [6.07, 6.45) is 0.485. The molecule has 0 saturated heterocycles. The smallest absolute Gasteiger partial charge is 0.231 e. The number of nitrogens with zero attached hydrogens (tertiary/aromatic N) is 1. The van der Waals surface area contributed by atoms with Crippen LogP contribution in [0.4, 0.5) is 11.4 Å². The van der Waals surface area contributed by atoms with Crippen LogP contribution in [-0.4, -0.2) is 11.9 Å². The molecule has 15 heavy (non-hydrogen) atoms. The van der Waals surface area contributed by atoms with Gasteiger partial charge in [-0.2, -0.15) is 0 Å². The van der Waals surface area contributed by atoms with E-state index in [1.54, 1.807) is 0 Å². The summed E-state index contributed by atoms with van der Waals surface area (Å²) < 4.78 is 0. The SMILES string of the molecule is CC(C)N1C(=O)Cc2cc(N)ccc21.[Fe]. The summed E-state index contributed by atoms with van der Waals surface area (Å²) in [5.74, 6) is 0.167. The molecule has 1 aliphatic rings. The number of rotatable bonds is 1. The summed E-state index contributed by atoms with van der Waals surface area (Å²) in [5.41, 5.74) is 8.45. The van der Waals surface area contributed by atoms with Gasteiger partial charge in [0.2, 0.25) is 5.91 Å². The van der Waals surface area contributed by atoms with Crippen molar-refractivity contribution in [2.75, 3.05) is 10.6 Å². The summed E-state index contributed by atoms with van der Waals surface area (Å²) in [6.45, 7) is 4.03. The Bertz CT molecular complexity index is 390. The molecule has 1 aliphatic heterocycles. The Kier molecular flexibility index (Phi) is 3.42. The summed E-state index contributed by atoms with van der Waals surface area (Å²) in [6, 6.07) is 5.87. The molecule has 2 rings (SSSR count). The zero-order valence-corrected chi connectivity index (χ0v) is 9.91. The Hall–Kier alpha value is -0.991. The molecule has 1 aromatic rings. The fourth-order valence-corrected chi connectivity index (χ4v) is 1.93. The van der Waals surface area contributed by atoms with E-state index in [0.29, 0.717) is 6.42 Å². The van der Waals surface area contributed by atoms with Crippen molar-refractivity contribution in [3.8, 4) is 0 Å². The van der Waals surface area contributed by atoms with Crippen molar-refractivity contribution in [2.24, 2.45) is 0 Å². The van der Waals surface area contributed by atoms with Crippen LogP contribution >= 0.6 is 0 Å². The maximum Gasteiger partial charge on any atom is 0.231 e. The Morgan fingerprint density at radius 2 is 2.07 bits per heavy atom. The fourth-order valence-electron chi connectivity index (χ4n) is 1.93. The quantitative estimate of drug-likeness (QED) is 0.603. The molecule has 1 aromatic carbocycles. The normalized spacial score (nSPS) is 14.1. The van der Waals surface area contributed by atoms with Gasteiger partial charge in [0.1, 0.15) is 0 Å². The monoisotopic (exact) mass is 246 g/mol. The van der Waals surface area contributed by atoms with Crippen molar-refractivity contribution < 1.29 is 21.9 Å². The number of amides is 1. The first-order valence-electron chi connectivity index (χ1n) is 4.80. The Morgan fingerprint density at radius 1 is 1.40 bits per heavy atom. The van der Waals surface area contributed by atoms with Crippen LogP contribution in [0.5, 0.6) is 0 Å². The van der Waals surface area contributed by atoms with Crippen molar-refractivity contribution in [1.82, 2.24) is 0 Å². The molecule has 0 saturated carbocycles. The van der Waals surface area contributed by atoms with Gasteiger partial charge in [0, 0.05) is 34.5 Å². The second-order valence-corrected chi connectivity index (χ2v) is 3.92. The van der Waals surface area contributed by atoms with Gasteiger partial charge in [-0.3, -0.25) is 4.79 Å². The number of carbonyl (C=O) groups is 1. The van der Waals surface area contributed by atoms with Gasteiger partial charge < -0.3 is 10.6 Å². The molecule has 0 spiro atoms. The standard InChI is InChI=1S/C11H14N2O.Fe/c1-7(2)13-10-4-3-9(12)5-8(10)6-11(13)14;/h3-5,7H,6,12H2,1-2H3;. The molecular weight excluding hydrogens is 232 g/mol. The average Bonchev–Trinajstić information content (AvgIpc) is 2.39. The minimum Gasteiger partial charge on any atom is -0.399 e. The summed E-state index contributed by atoms with van der Waals surface area (Å²) in [7, 11) is 0. The van der Waals surface area contributed by atoms with Crippen LogP contribution in [0, 0.1) is 0 Å². The molecule has 1 amide bonds.